The highest BCUT2D eigenvalue weighted by Gasteiger charge is 2.15. The number of morpholine rings is 1. The van der Waals surface area contributed by atoms with Gasteiger partial charge in [0.15, 0.2) is 0 Å². The zero-order valence-electron chi connectivity index (χ0n) is 16.1. The van der Waals surface area contributed by atoms with Crippen molar-refractivity contribution in [3.8, 4) is 11.6 Å². The minimum absolute atomic E-state index is 0.296. The molecule has 150 valence electrons. The summed E-state index contributed by atoms with van der Waals surface area (Å²) in [7, 11) is 0. The molecule has 2 aromatic heterocycles. The fourth-order valence-corrected chi connectivity index (χ4v) is 3.01. The molecule has 3 heterocycles. The normalized spacial score (nSPS) is 13.9. The lowest BCUT2D eigenvalue weighted by Gasteiger charge is -2.27. The van der Waals surface area contributed by atoms with E-state index in [1.807, 2.05) is 25.1 Å². The highest BCUT2D eigenvalue weighted by Crippen LogP contribution is 2.18. The molecular weight excluding hydrogens is 372 g/mol. The molecule has 3 aromatic rings. The summed E-state index contributed by atoms with van der Waals surface area (Å²) in [6.07, 6.45) is 4.73. The molecule has 1 N–H and O–H groups in total. The number of aromatic nitrogens is 4. The van der Waals surface area contributed by atoms with E-state index >= 15 is 0 Å². The van der Waals surface area contributed by atoms with Crippen molar-refractivity contribution in [2.24, 2.45) is 0 Å². The van der Waals surface area contributed by atoms with Crippen LogP contribution in [0.4, 0.5) is 11.5 Å². The quantitative estimate of drug-likeness (QED) is 0.684. The Hall–Kier alpha value is -3.46. The molecule has 29 heavy (non-hydrogen) atoms. The molecule has 1 fully saturated rings. The number of hydrogen-bond acceptors (Lipinski definition) is 7. The molecular formula is C20H22N6O3. The number of carbonyl (C=O) groups excluding carboxylic acids is 1. The lowest BCUT2D eigenvalue weighted by atomic mass is 10.3. The van der Waals surface area contributed by atoms with E-state index in [-0.39, 0.29) is 5.91 Å². The van der Waals surface area contributed by atoms with Crippen molar-refractivity contribution in [2.45, 2.75) is 6.92 Å². The second-order valence-corrected chi connectivity index (χ2v) is 6.41. The number of benzene rings is 1. The van der Waals surface area contributed by atoms with Crippen molar-refractivity contribution in [1.29, 1.82) is 0 Å². The first-order valence-electron chi connectivity index (χ1n) is 9.46. The summed E-state index contributed by atoms with van der Waals surface area (Å²) in [5, 5.41) is 2.83. The van der Waals surface area contributed by atoms with Gasteiger partial charge in [-0.1, -0.05) is 0 Å². The number of anilines is 2. The van der Waals surface area contributed by atoms with Crippen molar-refractivity contribution in [3.05, 3.63) is 54.9 Å². The fourth-order valence-electron chi connectivity index (χ4n) is 3.01. The predicted molar refractivity (Wildman–Crippen MR) is 108 cm³/mol. The molecule has 1 aliphatic rings. The number of rotatable bonds is 6. The molecule has 0 aliphatic carbocycles. The summed E-state index contributed by atoms with van der Waals surface area (Å²) in [6.45, 7) is 5.46. The Balaban J connectivity index is 1.45. The summed E-state index contributed by atoms with van der Waals surface area (Å²) < 4.78 is 12.5. The van der Waals surface area contributed by atoms with Crippen LogP contribution < -0.4 is 15.0 Å². The molecule has 9 nitrogen and oxygen atoms in total. The lowest BCUT2D eigenvalue weighted by Crippen LogP contribution is -2.36. The van der Waals surface area contributed by atoms with Gasteiger partial charge in [0.2, 0.25) is 0 Å². The van der Waals surface area contributed by atoms with Crippen molar-refractivity contribution >= 4 is 17.4 Å². The van der Waals surface area contributed by atoms with E-state index in [0.717, 1.165) is 24.7 Å². The van der Waals surface area contributed by atoms with E-state index in [1.54, 1.807) is 29.2 Å². The number of ether oxygens (including phenoxy) is 2. The summed E-state index contributed by atoms with van der Waals surface area (Å²) in [5.41, 5.74) is 0.968. The standard InChI is InChI=1S/C20H22N6O3/c1-2-29-16-5-3-15(4-6-16)24-20(27)17-12-26(14-23-17)19-11-18(21-13-22-19)25-7-9-28-10-8-25/h3-6,11-14H,2,7-10H2,1H3,(H,24,27). The molecule has 0 bridgehead atoms. The number of hydrogen-bond donors (Lipinski definition) is 1. The second-order valence-electron chi connectivity index (χ2n) is 6.41. The highest BCUT2D eigenvalue weighted by atomic mass is 16.5. The molecule has 0 unspecified atom stereocenters. The fraction of sp³-hybridized carbons (Fsp3) is 0.300. The maximum atomic E-state index is 12.5. The van der Waals surface area contributed by atoms with Crippen LogP contribution in [0.15, 0.2) is 49.2 Å². The third kappa shape index (κ3) is 4.52. The van der Waals surface area contributed by atoms with Crippen LogP contribution in [0.2, 0.25) is 0 Å². The Labute approximate surface area is 168 Å². The summed E-state index contributed by atoms with van der Waals surface area (Å²) in [6, 6.07) is 9.08. The van der Waals surface area contributed by atoms with Crippen molar-refractivity contribution in [3.63, 3.8) is 0 Å². The van der Waals surface area contributed by atoms with E-state index in [4.69, 9.17) is 9.47 Å². The molecule has 1 amide bonds. The molecule has 0 radical (unpaired) electrons. The number of nitrogens with one attached hydrogen (secondary N) is 1. The van der Waals surface area contributed by atoms with Crippen LogP contribution in [0.25, 0.3) is 5.82 Å². The lowest BCUT2D eigenvalue weighted by molar-refractivity contribution is 0.102. The topological polar surface area (TPSA) is 94.4 Å². The largest absolute Gasteiger partial charge is 0.494 e. The summed E-state index contributed by atoms with van der Waals surface area (Å²) >= 11 is 0. The minimum Gasteiger partial charge on any atom is -0.494 e. The zero-order chi connectivity index (χ0) is 20.1. The zero-order valence-corrected chi connectivity index (χ0v) is 16.1. The Bertz CT molecular complexity index is 966. The maximum absolute atomic E-state index is 12.5. The van der Waals surface area contributed by atoms with Gasteiger partial charge in [-0.25, -0.2) is 15.0 Å². The second kappa shape index (κ2) is 8.70. The average molecular weight is 394 g/mol. The van der Waals surface area contributed by atoms with Crippen LogP contribution in [0.1, 0.15) is 17.4 Å². The molecule has 1 aliphatic heterocycles. The van der Waals surface area contributed by atoms with Crippen LogP contribution in [-0.4, -0.2) is 58.3 Å². The number of amides is 1. The van der Waals surface area contributed by atoms with Gasteiger partial charge in [0, 0.05) is 31.0 Å². The monoisotopic (exact) mass is 394 g/mol. The molecule has 1 saturated heterocycles. The Morgan fingerprint density at radius 1 is 1.14 bits per heavy atom. The van der Waals surface area contributed by atoms with Gasteiger partial charge in [-0.15, -0.1) is 0 Å². The predicted octanol–water partition coefficient (Wildman–Crippen LogP) is 2.15. The average Bonchev–Trinajstić information content (AvgIpc) is 3.27. The number of carbonyl (C=O) groups is 1. The van der Waals surface area contributed by atoms with Gasteiger partial charge in [0.05, 0.1) is 19.8 Å². The summed E-state index contributed by atoms with van der Waals surface area (Å²) in [4.78, 5) is 27.5. The van der Waals surface area contributed by atoms with Gasteiger partial charge in [-0.05, 0) is 31.2 Å². The van der Waals surface area contributed by atoms with Gasteiger partial charge >= 0.3 is 0 Å². The molecule has 1 aromatic carbocycles. The highest BCUT2D eigenvalue weighted by molar-refractivity contribution is 6.02. The first-order chi connectivity index (χ1) is 14.2. The third-order valence-electron chi connectivity index (χ3n) is 4.48. The summed E-state index contributed by atoms with van der Waals surface area (Å²) in [5.74, 6) is 1.94. The first kappa shape index (κ1) is 18.9. The van der Waals surface area contributed by atoms with E-state index < -0.39 is 0 Å². The van der Waals surface area contributed by atoms with E-state index in [9.17, 15) is 4.79 Å². The van der Waals surface area contributed by atoms with Crippen LogP contribution in [0, 0.1) is 0 Å². The van der Waals surface area contributed by atoms with Crippen LogP contribution in [0.5, 0.6) is 5.75 Å². The first-order valence-corrected chi connectivity index (χ1v) is 9.46. The molecule has 0 atom stereocenters. The van der Waals surface area contributed by atoms with Gasteiger partial charge in [0.1, 0.15) is 35.7 Å². The van der Waals surface area contributed by atoms with E-state index in [2.05, 4.69) is 25.2 Å². The van der Waals surface area contributed by atoms with E-state index in [0.29, 0.717) is 37.0 Å². The van der Waals surface area contributed by atoms with Crippen LogP contribution in [-0.2, 0) is 4.74 Å². The Kier molecular flexibility index (Phi) is 5.66. The van der Waals surface area contributed by atoms with Crippen molar-refractivity contribution in [2.75, 3.05) is 43.1 Å². The maximum Gasteiger partial charge on any atom is 0.275 e. The smallest absolute Gasteiger partial charge is 0.275 e. The van der Waals surface area contributed by atoms with Gasteiger partial charge < -0.3 is 19.7 Å². The molecule has 0 spiro atoms. The van der Waals surface area contributed by atoms with Gasteiger partial charge in [-0.2, -0.15) is 0 Å². The minimum atomic E-state index is -0.296. The van der Waals surface area contributed by atoms with E-state index in [1.165, 1.54) is 6.33 Å². The van der Waals surface area contributed by atoms with Crippen molar-refractivity contribution < 1.29 is 14.3 Å². The SMILES string of the molecule is CCOc1ccc(NC(=O)c2cn(-c3cc(N4CCOCC4)ncn3)cn2)cc1. The Morgan fingerprint density at radius 3 is 2.66 bits per heavy atom. The third-order valence-corrected chi connectivity index (χ3v) is 4.48. The number of imidazole rings is 1. The number of nitrogens with zero attached hydrogens (tertiary/aromatic N) is 5. The Morgan fingerprint density at radius 2 is 1.90 bits per heavy atom. The van der Waals surface area contributed by atoms with Crippen LogP contribution >= 0.6 is 0 Å². The molecule has 4 rings (SSSR count). The molecule has 9 heteroatoms. The van der Waals surface area contributed by atoms with Gasteiger partial charge in [-0.3, -0.25) is 9.36 Å². The van der Waals surface area contributed by atoms with Crippen molar-refractivity contribution in [1.82, 2.24) is 19.5 Å². The molecule has 0 saturated carbocycles. The van der Waals surface area contributed by atoms with Gasteiger partial charge in [0.25, 0.3) is 5.91 Å². The van der Waals surface area contributed by atoms with Crippen LogP contribution in [0.3, 0.4) is 0 Å².